The molecule has 0 amide bonds. The number of carboxylic acid groups (broad SMARTS) is 1. The Kier molecular flexibility index (Phi) is 6.49. The van der Waals surface area contributed by atoms with Crippen LogP contribution in [-0.2, 0) is 9.84 Å². The fourth-order valence-corrected chi connectivity index (χ4v) is 3.47. The Bertz CT molecular complexity index is 567. The topological polar surface area (TPSA) is 71.4 Å². The van der Waals surface area contributed by atoms with E-state index in [1.807, 2.05) is 0 Å². The highest BCUT2D eigenvalue weighted by Gasteiger charge is 2.18. The SMILES string of the molecule is CCCCCCCS(=O)(=O)c1ccc(Cl)c(C(=O)O)c1. The third kappa shape index (κ3) is 4.80. The third-order valence-electron chi connectivity index (χ3n) is 3.04. The number of sulfone groups is 1. The van der Waals surface area contributed by atoms with Crippen LogP contribution in [0.2, 0.25) is 5.02 Å². The number of benzene rings is 1. The maximum atomic E-state index is 12.1. The van der Waals surface area contributed by atoms with Gasteiger partial charge >= 0.3 is 5.97 Å². The smallest absolute Gasteiger partial charge is 0.337 e. The Morgan fingerprint density at radius 2 is 1.85 bits per heavy atom. The highest BCUT2D eigenvalue weighted by Crippen LogP contribution is 2.22. The summed E-state index contributed by atoms with van der Waals surface area (Å²) in [6.07, 6.45) is 4.68. The van der Waals surface area contributed by atoms with Crippen molar-refractivity contribution in [2.45, 2.75) is 43.9 Å². The molecule has 1 aromatic rings. The molecule has 0 atom stereocenters. The van der Waals surface area contributed by atoms with Gasteiger partial charge in [-0.2, -0.15) is 0 Å². The first-order valence-electron chi connectivity index (χ1n) is 6.64. The Labute approximate surface area is 124 Å². The normalized spacial score (nSPS) is 11.5. The average Bonchev–Trinajstić information content (AvgIpc) is 2.38. The van der Waals surface area contributed by atoms with Crippen molar-refractivity contribution in [2.75, 3.05) is 5.75 Å². The van der Waals surface area contributed by atoms with E-state index in [1.165, 1.54) is 12.1 Å². The van der Waals surface area contributed by atoms with Crippen LogP contribution < -0.4 is 0 Å². The molecule has 0 heterocycles. The van der Waals surface area contributed by atoms with Gasteiger partial charge in [-0.25, -0.2) is 13.2 Å². The van der Waals surface area contributed by atoms with Crippen molar-refractivity contribution in [1.29, 1.82) is 0 Å². The number of carboxylic acids is 1. The third-order valence-corrected chi connectivity index (χ3v) is 5.17. The number of unbranched alkanes of at least 4 members (excludes halogenated alkanes) is 4. The molecule has 112 valence electrons. The van der Waals surface area contributed by atoms with E-state index in [-0.39, 0.29) is 21.2 Å². The first-order chi connectivity index (χ1) is 9.38. The van der Waals surface area contributed by atoms with Gasteiger partial charge in [0.15, 0.2) is 9.84 Å². The lowest BCUT2D eigenvalue weighted by molar-refractivity contribution is 0.0697. The molecule has 0 aliphatic rings. The summed E-state index contributed by atoms with van der Waals surface area (Å²) >= 11 is 5.73. The van der Waals surface area contributed by atoms with Crippen molar-refractivity contribution in [1.82, 2.24) is 0 Å². The zero-order chi connectivity index (χ0) is 15.2. The lowest BCUT2D eigenvalue weighted by Crippen LogP contribution is -2.08. The number of rotatable bonds is 8. The summed E-state index contributed by atoms with van der Waals surface area (Å²) < 4.78 is 24.2. The lowest BCUT2D eigenvalue weighted by atomic mass is 10.2. The van der Waals surface area contributed by atoms with E-state index in [0.29, 0.717) is 6.42 Å². The van der Waals surface area contributed by atoms with Crippen molar-refractivity contribution in [2.24, 2.45) is 0 Å². The van der Waals surface area contributed by atoms with Gasteiger partial charge in [0.25, 0.3) is 0 Å². The molecule has 0 fully saturated rings. The fraction of sp³-hybridized carbons (Fsp3) is 0.500. The summed E-state index contributed by atoms with van der Waals surface area (Å²) in [6, 6.07) is 3.80. The summed E-state index contributed by atoms with van der Waals surface area (Å²) in [6.45, 7) is 2.10. The molecule has 0 aliphatic heterocycles. The second-order valence-corrected chi connectivity index (χ2v) is 7.20. The van der Waals surface area contributed by atoms with Gasteiger partial charge in [-0.3, -0.25) is 0 Å². The van der Waals surface area contributed by atoms with Crippen LogP contribution in [-0.4, -0.2) is 25.2 Å². The predicted octanol–water partition coefficient (Wildman–Crippen LogP) is 3.78. The van der Waals surface area contributed by atoms with E-state index in [0.717, 1.165) is 31.7 Å². The molecule has 20 heavy (non-hydrogen) atoms. The summed E-state index contributed by atoms with van der Waals surface area (Å²) in [7, 11) is -3.44. The van der Waals surface area contributed by atoms with E-state index in [4.69, 9.17) is 16.7 Å². The minimum atomic E-state index is -3.44. The molecule has 0 saturated carbocycles. The van der Waals surface area contributed by atoms with Gasteiger partial charge in [0.2, 0.25) is 0 Å². The Morgan fingerprint density at radius 1 is 1.20 bits per heavy atom. The van der Waals surface area contributed by atoms with Crippen LogP contribution >= 0.6 is 11.6 Å². The van der Waals surface area contributed by atoms with Crippen LogP contribution in [0.5, 0.6) is 0 Å². The largest absolute Gasteiger partial charge is 0.478 e. The summed E-state index contributed by atoms with van der Waals surface area (Å²) in [4.78, 5) is 11.0. The molecule has 4 nitrogen and oxygen atoms in total. The summed E-state index contributed by atoms with van der Waals surface area (Å²) in [5, 5.41) is 8.99. The zero-order valence-corrected chi connectivity index (χ0v) is 13.0. The molecular weight excluding hydrogens is 300 g/mol. The van der Waals surface area contributed by atoms with Crippen LogP contribution in [0.15, 0.2) is 23.1 Å². The highest BCUT2D eigenvalue weighted by molar-refractivity contribution is 7.91. The van der Waals surface area contributed by atoms with Gasteiger partial charge in [-0.1, -0.05) is 44.2 Å². The molecular formula is C14H19ClO4S. The minimum Gasteiger partial charge on any atom is -0.478 e. The fourth-order valence-electron chi connectivity index (χ4n) is 1.88. The van der Waals surface area contributed by atoms with Crippen LogP contribution in [0.4, 0.5) is 0 Å². The van der Waals surface area contributed by atoms with E-state index < -0.39 is 15.8 Å². The second-order valence-electron chi connectivity index (χ2n) is 4.68. The standard InChI is InChI=1S/C14H19ClO4S/c1-2-3-4-5-6-9-20(18,19)11-7-8-13(15)12(10-11)14(16)17/h7-8,10H,2-6,9H2,1H3,(H,16,17). The van der Waals surface area contributed by atoms with E-state index in [2.05, 4.69) is 6.92 Å². The highest BCUT2D eigenvalue weighted by atomic mass is 35.5. The van der Waals surface area contributed by atoms with Crippen LogP contribution in [0.1, 0.15) is 49.4 Å². The summed E-state index contributed by atoms with van der Waals surface area (Å²) in [5.41, 5.74) is -0.182. The number of carbonyl (C=O) groups is 1. The molecule has 0 aromatic heterocycles. The van der Waals surface area contributed by atoms with Crippen molar-refractivity contribution in [3.63, 3.8) is 0 Å². The molecule has 0 bridgehead atoms. The Morgan fingerprint density at radius 3 is 2.45 bits per heavy atom. The summed E-state index contributed by atoms with van der Waals surface area (Å²) in [5.74, 6) is -1.19. The minimum absolute atomic E-state index is 0.0230. The maximum Gasteiger partial charge on any atom is 0.337 e. The molecule has 0 saturated heterocycles. The average molecular weight is 319 g/mol. The Hall–Kier alpha value is -1.07. The van der Waals surface area contributed by atoms with Gasteiger partial charge in [-0.05, 0) is 24.6 Å². The van der Waals surface area contributed by atoms with E-state index >= 15 is 0 Å². The number of halogens is 1. The quantitative estimate of drug-likeness (QED) is 0.740. The first-order valence-corrected chi connectivity index (χ1v) is 8.67. The van der Waals surface area contributed by atoms with Crippen LogP contribution in [0.25, 0.3) is 0 Å². The van der Waals surface area contributed by atoms with Crippen molar-refractivity contribution in [3.05, 3.63) is 28.8 Å². The van der Waals surface area contributed by atoms with Crippen LogP contribution in [0.3, 0.4) is 0 Å². The molecule has 0 aliphatic carbocycles. The Balaban J connectivity index is 2.77. The van der Waals surface area contributed by atoms with Gasteiger partial charge in [0.05, 0.1) is 21.2 Å². The van der Waals surface area contributed by atoms with Gasteiger partial charge in [0, 0.05) is 0 Å². The molecule has 1 aromatic carbocycles. The molecule has 0 unspecified atom stereocenters. The van der Waals surface area contributed by atoms with Gasteiger partial charge in [-0.15, -0.1) is 0 Å². The maximum absolute atomic E-state index is 12.1. The zero-order valence-electron chi connectivity index (χ0n) is 11.4. The van der Waals surface area contributed by atoms with Crippen molar-refractivity contribution in [3.8, 4) is 0 Å². The molecule has 1 N–H and O–H groups in total. The number of hydrogen-bond acceptors (Lipinski definition) is 3. The van der Waals surface area contributed by atoms with Crippen molar-refractivity contribution < 1.29 is 18.3 Å². The molecule has 6 heteroatoms. The predicted molar refractivity (Wildman–Crippen MR) is 79.2 cm³/mol. The van der Waals surface area contributed by atoms with E-state index in [9.17, 15) is 13.2 Å². The first kappa shape index (κ1) is 17.0. The number of aromatic carboxylic acids is 1. The monoisotopic (exact) mass is 318 g/mol. The van der Waals surface area contributed by atoms with Crippen LogP contribution in [0, 0.1) is 0 Å². The van der Waals surface area contributed by atoms with Gasteiger partial charge in [0.1, 0.15) is 0 Å². The van der Waals surface area contributed by atoms with E-state index in [1.54, 1.807) is 0 Å². The molecule has 1 rings (SSSR count). The second kappa shape index (κ2) is 7.64. The number of hydrogen-bond donors (Lipinski definition) is 1. The molecule has 0 spiro atoms. The van der Waals surface area contributed by atoms with Gasteiger partial charge < -0.3 is 5.11 Å². The lowest BCUT2D eigenvalue weighted by Gasteiger charge is -2.06. The van der Waals surface area contributed by atoms with Crippen molar-refractivity contribution >= 4 is 27.4 Å². The molecule has 0 radical (unpaired) electrons.